The van der Waals surface area contributed by atoms with Crippen molar-refractivity contribution in [1.82, 2.24) is 10.2 Å². The number of ether oxygens (including phenoxy) is 2. The standard InChI is InChI=1S/C30H38N2O7/c1-38-24-11-18(15-34)10-21-26-22(30(37)31-6-7-33)13-23(27(36)29(26)39-28(21)24)32(14-16-2-3-16)25(35)12-20-9-17-4-5-19(20)8-17/h10-11,13,15-17,19-20,23,26-27,29,33,36H,2-9,12,14H2,1H3,(H,31,37)/t17?,19?,20?,23-,26+,27+,29+/m1/s1. The number of aliphatic hydroxyl groups excluding tert-OH is 2. The Labute approximate surface area is 228 Å². The molecule has 2 amide bonds. The van der Waals surface area contributed by atoms with Gasteiger partial charge in [0.05, 0.1) is 25.7 Å². The molecular formula is C30H38N2O7. The summed E-state index contributed by atoms with van der Waals surface area (Å²) in [6.07, 6.45) is 7.89. The van der Waals surface area contributed by atoms with E-state index in [0.29, 0.717) is 65.2 Å². The van der Waals surface area contributed by atoms with Crippen LogP contribution in [0.5, 0.6) is 11.5 Å². The maximum absolute atomic E-state index is 13.9. The van der Waals surface area contributed by atoms with Crippen molar-refractivity contribution in [3.8, 4) is 11.5 Å². The molecule has 39 heavy (non-hydrogen) atoms. The molecule has 0 spiro atoms. The Morgan fingerprint density at radius 1 is 1.21 bits per heavy atom. The Morgan fingerprint density at radius 3 is 2.67 bits per heavy atom. The molecule has 5 aliphatic rings. The summed E-state index contributed by atoms with van der Waals surface area (Å²) in [7, 11) is 1.48. The topological polar surface area (TPSA) is 125 Å². The van der Waals surface area contributed by atoms with Crippen molar-refractivity contribution in [2.24, 2.45) is 23.7 Å². The maximum atomic E-state index is 13.9. The largest absolute Gasteiger partial charge is 0.493 e. The van der Waals surface area contributed by atoms with Crippen molar-refractivity contribution in [2.45, 2.75) is 69.1 Å². The average molecular weight is 539 g/mol. The van der Waals surface area contributed by atoms with Gasteiger partial charge in [0.15, 0.2) is 11.5 Å². The van der Waals surface area contributed by atoms with Gasteiger partial charge < -0.3 is 29.9 Å². The molecule has 3 fully saturated rings. The van der Waals surface area contributed by atoms with Gasteiger partial charge in [-0.25, -0.2) is 0 Å². The fourth-order valence-electron chi connectivity index (χ4n) is 7.49. The summed E-state index contributed by atoms with van der Waals surface area (Å²) in [5.41, 5.74) is 1.32. The van der Waals surface area contributed by atoms with Gasteiger partial charge in [-0.05, 0) is 74.0 Å². The van der Waals surface area contributed by atoms with Gasteiger partial charge >= 0.3 is 0 Å². The molecule has 4 aliphatic carbocycles. The third kappa shape index (κ3) is 4.84. The van der Waals surface area contributed by atoms with Crippen LogP contribution in [-0.2, 0) is 9.59 Å². The Bertz CT molecular complexity index is 1180. The summed E-state index contributed by atoms with van der Waals surface area (Å²) in [6.45, 7) is 0.402. The summed E-state index contributed by atoms with van der Waals surface area (Å²) >= 11 is 0. The van der Waals surface area contributed by atoms with E-state index in [1.807, 2.05) is 0 Å². The molecule has 3 saturated carbocycles. The maximum Gasteiger partial charge on any atom is 0.247 e. The van der Waals surface area contributed by atoms with Gasteiger partial charge in [0.1, 0.15) is 18.5 Å². The number of rotatable bonds is 10. The van der Waals surface area contributed by atoms with Gasteiger partial charge in [-0.1, -0.05) is 6.42 Å². The number of amides is 2. The predicted octanol–water partition coefficient (Wildman–Crippen LogP) is 2.20. The van der Waals surface area contributed by atoms with Crippen molar-refractivity contribution < 1.29 is 34.1 Å². The molecule has 210 valence electrons. The summed E-state index contributed by atoms with van der Waals surface area (Å²) in [6, 6.07) is 2.51. The van der Waals surface area contributed by atoms with E-state index in [9.17, 15) is 24.6 Å². The van der Waals surface area contributed by atoms with Crippen molar-refractivity contribution >= 4 is 18.1 Å². The molecule has 2 bridgehead atoms. The fourth-order valence-corrected chi connectivity index (χ4v) is 7.49. The number of aldehydes is 1. The molecule has 3 N–H and O–H groups in total. The van der Waals surface area contributed by atoms with Crippen LogP contribution >= 0.6 is 0 Å². The molecule has 9 nitrogen and oxygen atoms in total. The van der Waals surface area contributed by atoms with Crippen LogP contribution in [0.1, 0.15) is 66.8 Å². The number of carbonyl (C=O) groups is 3. The lowest BCUT2D eigenvalue weighted by Gasteiger charge is -2.41. The van der Waals surface area contributed by atoms with Gasteiger partial charge in [-0.2, -0.15) is 0 Å². The van der Waals surface area contributed by atoms with E-state index >= 15 is 0 Å². The van der Waals surface area contributed by atoms with Crippen LogP contribution < -0.4 is 14.8 Å². The first kappa shape index (κ1) is 26.3. The van der Waals surface area contributed by atoms with Crippen LogP contribution in [0.25, 0.3) is 0 Å². The van der Waals surface area contributed by atoms with Gasteiger partial charge in [0, 0.05) is 36.2 Å². The lowest BCUT2D eigenvalue weighted by atomic mass is 9.77. The highest BCUT2D eigenvalue weighted by atomic mass is 16.5. The number of methoxy groups -OCH3 is 1. The zero-order valence-electron chi connectivity index (χ0n) is 22.4. The molecule has 0 radical (unpaired) electrons. The zero-order valence-corrected chi connectivity index (χ0v) is 22.4. The Hall–Kier alpha value is -2.91. The average Bonchev–Trinajstić information content (AvgIpc) is 3.32. The quantitative estimate of drug-likeness (QED) is 0.390. The van der Waals surface area contributed by atoms with Crippen molar-refractivity contribution in [3.63, 3.8) is 0 Å². The highest BCUT2D eigenvalue weighted by molar-refractivity contribution is 5.96. The number of aliphatic hydroxyl groups is 2. The molecule has 1 aromatic carbocycles. The lowest BCUT2D eigenvalue weighted by Crippen LogP contribution is -2.56. The molecular weight excluding hydrogens is 500 g/mol. The van der Waals surface area contributed by atoms with E-state index in [4.69, 9.17) is 9.47 Å². The number of hydrogen-bond donors (Lipinski definition) is 3. The molecule has 6 rings (SSSR count). The first-order valence-electron chi connectivity index (χ1n) is 14.3. The second-order valence-corrected chi connectivity index (χ2v) is 12.0. The number of fused-ring (bicyclic) bond motifs is 5. The summed E-state index contributed by atoms with van der Waals surface area (Å²) in [4.78, 5) is 40.8. The number of nitrogens with one attached hydrogen (secondary N) is 1. The van der Waals surface area contributed by atoms with E-state index < -0.39 is 30.1 Å². The minimum atomic E-state index is -1.08. The summed E-state index contributed by atoms with van der Waals surface area (Å²) in [5.74, 6) is 1.87. The van der Waals surface area contributed by atoms with Gasteiger partial charge in [0.25, 0.3) is 0 Å². The van der Waals surface area contributed by atoms with E-state index in [0.717, 1.165) is 25.2 Å². The molecule has 1 aliphatic heterocycles. The molecule has 9 heteroatoms. The van der Waals surface area contributed by atoms with Crippen LogP contribution in [-0.4, -0.2) is 78.3 Å². The number of nitrogens with zero attached hydrogens (tertiary/aromatic N) is 1. The number of carbonyl (C=O) groups excluding carboxylic acids is 3. The zero-order chi connectivity index (χ0) is 27.3. The van der Waals surface area contributed by atoms with Gasteiger partial charge in [-0.15, -0.1) is 0 Å². The van der Waals surface area contributed by atoms with Crippen LogP contribution in [0.15, 0.2) is 23.8 Å². The van der Waals surface area contributed by atoms with Crippen LogP contribution in [0.3, 0.4) is 0 Å². The first-order valence-corrected chi connectivity index (χ1v) is 14.3. The molecule has 0 saturated heterocycles. The minimum Gasteiger partial charge on any atom is -0.493 e. The van der Waals surface area contributed by atoms with E-state index in [-0.39, 0.29) is 19.1 Å². The van der Waals surface area contributed by atoms with Crippen molar-refractivity contribution in [3.05, 3.63) is 34.9 Å². The van der Waals surface area contributed by atoms with E-state index in [1.54, 1.807) is 23.1 Å². The number of benzene rings is 1. The third-order valence-electron chi connectivity index (χ3n) is 9.56. The van der Waals surface area contributed by atoms with Gasteiger partial charge in [0.2, 0.25) is 11.8 Å². The fraction of sp³-hybridized carbons (Fsp3) is 0.633. The monoisotopic (exact) mass is 538 g/mol. The molecule has 1 heterocycles. The van der Waals surface area contributed by atoms with E-state index in [2.05, 4.69) is 5.32 Å². The second kappa shape index (κ2) is 10.6. The molecule has 0 aromatic heterocycles. The Balaban J connectivity index is 1.35. The van der Waals surface area contributed by atoms with E-state index in [1.165, 1.54) is 26.4 Å². The van der Waals surface area contributed by atoms with Crippen LogP contribution in [0.4, 0.5) is 0 Å². The minimum absolute atomic E-state index is 0.0321. The van der Waals surface area contributed by atoms with Crippen LogP contribution in [0, 0.1) is 23.7 Å². The smallest absolute Gasteiger partial charge is 0.247 e. The second-order valence-electron chi connectivity index (χ2n) is 12.0. The van der Waals surface area contributed by atoms with Crippen molar-refractivity contribution in [2.75, 3.05) is 26.8 Å². The normalized spacial score (nSPS) is 32.1. The first-order chi connectivity index (χ1) is 18.9. The highest BCUT2D eigenvalue weighted by Crippen LogP contribution is 2.52. The molecule has 1 aromatic rings. The third-order valence-corrected chi connectivity index (χ3v) is 9.56. The summed E-state index contributed by atoms with van der Waals surface area (Å²) < 4.78 is 11.8. The Morgan fingerprint density at radius 2 is 2.03 bits per heavy atom. The molecule has 7 atom stereocenters. The van der Waals surface area contributed by atoms with Crippen LogP contribution in [0.2, 0.25) is 0 Å². The predicted molar refractivity (Wildman–Crippen MR) is 142 cm³/mol. The lowest BCUT2D eigenvalue weighted by molar-refractivity contribution is -0.139. The molecule has 3 unspecified atom stereocenters. The van der Waals surface area contributed by atoms with Crippen molar-refractivity contribution in [1.29, 1.82) is 0 Å². The Kier molecular flexibility index (Phi) is 7.14. The SMILES string of the molecule is COc1cc(C=O)cc2c1O[C@@H]1[C@@H](O)[C@H](N(CC3CC3)C(=O)CC3CC4CCC3C4)C=C(C(=O)NCCO)[C@H]21. The number of hydrogen-bond acceptors (Lipinski definition) is 7. The van der Waals surface area contributed by atoms with Gasteiger partial charge in [-0.3, -0.25) is 14.4 Å². The highest BCUT2D eigenvalue weighted by Gasteiger charge is 2.52. The summed E-state index contributed by atoms with van der Waals surface area (Å²) in [5, 5.41) is 23.8.